The Bertz CT molecular complexity index is 1210. The number of aromatic nitrogens is 4. The number of hydrogen-bond donors (Lipinski definition) is 2. The fraction of sp³-hybridized carbons (Fsp3) is 0.545. The van der Waals surface area contributed by atoms with Crippen LogP contribution < -0.4 is 16.2 Å². The van der Waals surface area contributed by atoms with E-state index in [1.807, 2.05) is 12.1 Å². The Labute approximate surface area is 204 Å². The highest BCUT2D eigenvalue weighted by molar-refractivity contribution is 5.80. The molecule has 2 atom stereocenters. The van der Waals surface area contributed by atoms with Crippen LogP contribution in [0, 0.1) is 6.92 Å². The molecule has 4 rings (SSSR count). The quantitative estimate of drug-likeness (QED) is 0.320. The van der Waals surface area contributed by atoms with E-state index in [-0.39, 0.29) is 12.8 Å². The smallest absolute Gasteiger partial charge is 0.490 e. The van der Waals surface area contributed by atoms with Crippen LogP contribution in [0.25, 0.3) is 16.7 Å². The third-order valence-corrected chi connectivity index (χ3v) is 5.87. The number of hydrogen-bond acceptors (Lipinski definition) is 10. The van der Waals surface area contributed by atoms with Crippen molar-refractivity contribution in [1.82, 2.24) is 24.5 Å². The first-order chi connectivity index (χ1) is 17.1. The molecule has 14 heteroatoms. The fourth-order valence-electron chi connectivity index (χ4n) is 3.98. The van der Waals surface area contributed by atoms with Crippen molar-refractivity contribution in [2.75, 3.05) is 39.5 Å². The Hall–Kier alpha value is -3.07. The van der Waals surface area contributed by atoms with Crippen LogP contribution in [-0.2, 0) is 14.3 Å². The second kappa shape index (κ2) is 10.9. The molecule has 1 saturated heterocycles. The molecular formula is C22H28F3N7O4. The van der Waals surface area contributed by atoms with Crippen LogP contribution in [0.1, 0.15) is 30.4 Å². The monoisotopic (exact) mass is 511 g/mol. The molecule has 1 fully saturated rings. The van der Waals surface area contributed by atoms with Gasteiger partial charge in [-0.2, -0.15) is 13.2 Å². The van der Waals surface area contributed by atoms with Crippen LogP contribution in [-0.4, -0.2) is 82.3 Å². The number of rotatable bonds is 9. The second-order valence-electron chi connectivity index (χ2n) is 8.48. The van der Waals surface area contributed by atoms with Crippen LogP contribution in [0.5, 0.6) is 5.75 Å². The van der Waals surface area contributed by atoms with E-state index < -0.39 is 24.4 Å². The third-order valence-electron chi connectivity index (χ3n) is 5.87. The van der Waals surface area contributed by atoms with Gasteiger partial charge in [-0.25, -0.2) is 9.78 Å². The molecular weight excluding hydrogens is 483 g/mol. The molecule has 0 saturated carbocycles. The van der Waals surface area contributed by atoms with Crippen molar-refractivity contribution >= 4 is 22.6 Å². The third kappa shape index (κ3) is 6.00. The van der Waals surface area contributed by atoms with Crippen molar-refractivity contribution < 1.29 is 32.2 Å². The van der Waals surface area contributed by atoms with Gasteiger partial charge in [0.15, 0.2) is 11.9 Å². The lowest BCUT2D eigenvalue weighted by atomic mass is 10.1. The van der Waals surface area contributed by atoms with Crippen LogP contribution in [0.15, 0.2) is 18.2 Å². The standard InChI is InChI=1S/C22H28F3N7O4/c1-13-29-30-20-19(15(26)3-5-18(27)36-21(33)22(23,24)25)28-16-12-14(2-4-17(16)32(13)20)35-11-8-31-6-9-34-10-7-31/h2,4,12,15,18H,3,5-11,26-27H2,1H3. The van der Waals surface area contributed by atoms with E-state index >= 15 is 0 Å². The van der Waals surface area contributed by atoms with Gasteiger partial charge < -0.3 is 19.9 Å². The number of ether oxygens (including phenoxy) is 3. The van der Waals surface area contributed by atoms with Crippen LogP contribution in [0.3, 0.4) is 0 Å². The maximum atomic E-state index is 12.4. The summed E-state index contributed by atoms with van der Waals surface area (Å²) in [5, 5.41) is 8.30. The van der Waals surface area contributed by atoms with Gasteiger partial charge in [-0.15, -0.1) is 10.2 Å². The van der Waals surface area contributed by atoms with E-state index in [4.69, 9.17) is 20.9 Å². The number of fused-ring (bicyclic) bond motifs is 3. The van der Waals surface area contributed by atoms with Gasteiger partial charge >= 0.3 is 12.1 Å². The summed E-state index contributed by atoms with van der Waals surface area (Å²) in [6.45, 7) is 6.23. The summed E-state index contributed by atoms with van der Waals surface area (Å²) >= 11 is 0. The molecule has 36 heavy (non-hydrogen) atoms. The molecule has 0 spiro atoms. The van der Waals surface area contributed by atoms with Gasteiger partial charge in [0.2, 0.25) is 0 Å². The predicted octanol–water partition coefficient (Wildman–Crippen LogP) is 1.47. The summed E-state index contributed by atoms with van der Waals surface area (Å²) in [6.07, 6.45) is -6.59. The number of carbonyl (C=O) groups is 1. The minimum Gasteiger partial charge on any atom is -0.492 e. The SMILES string of the molecule is Cc1nnc2c(C(N)CCC(N)OC(=O)C(F)(F)F)nc3cc(OCCN4CCOCC4)ccc3n12. The summed E-state index contributed by atoms with van der Waals surface area (Å²) in [6, 6.07) is 4.75. The van der Waals surface area contributed by atoms with E-state index in [2.05, 4.69) is 24.8 Å². The number of alkyl halides is 3. The number of aryl methyl sites for hydroxylation is 1. The number of nitrogens with zero attached hydrogens (tertiary/aromatic N) is 5. The molecule has 1 aliphatic rings. The van der Waals surface area contributed by atoms with Gasteiger partial charge in [0, 0.05) is 25.7 Å². The molecule has 11 nitrogen and oxygen atoms in total. The van der Waals surface area contributed by atoms with Crippen LogP contribution in [0.2, 0.25) is 0 Å². The highest BCUT2D eigenvalue weighted by atomic mass is 19.4. The zero-order chi connectivity index (χ0) is 25.9. The normalized spacial score (nSPS) is 16.8. The Morgan fingerprint density at radius 1 is 1.19 bits per heavy atom. The summed E-state index contributed by atoms with van der Waals surface area (Å²) in [5.74, 6) is -1.10. The first-order valence-corrected chi connectivity index (χ1v) is 11.5. The maximum Gasteiger partial charge on any atom is 0.490 e. The second-order valence-corrected chi connectivity index (χ2v) is 8.48. The average molecular weight is 512 g/mol. The van der Waals surface area contributed by atoms with Gasteiger partial charge in [0.1, 0.15) is 23.9 Å². The van der Waals surface area contributed by atoms with E-state index in [9.17, 15) is 18.0 Å². The zero-order valence-corrected chi connectivity index (χ0v) is 19.7. The van der Waals surface area contributed by atoms with Gasteiger partial charge in [0.05, 0.1) is 30.3 Å². The van der Waals surface area contributed by atoms with Crippen molar-refractivity contribution in [3.63, 3.8) is 0 Å². The number of benzene rings is 1. The van der Waals surface area contributed by atoms with Crippen molar-refractivity contribution in [1.29, 1.82) is 0 Å². The van der Waals surface area contributed by atoms with Crippen molar-refractivity contribution in [2.24, 2.45) is 11.5 Å². The van der Waals surface area contributed by atoms with Gasteiger partial charge in [-0.05, 0) is 31.9 Å². The number of halogens is 3. The molecule has 0 aliphatic carbocycles. The molecule has 0 bridgehead atoms. The number of nitrogens with two attached hydrogens (primary N) is 2. The molecule has 2 aromatic heterocycles. The summed E-state index contributed by atoms with van der Waals surface area (Å²) in [7, 11) is 0. The Morgan fingerprint density at radius 2 is 1.94 bits per heavy atom. The van der Waals surface area contributed by atoms with Crippen LogP contribution >= 0.6 is 0 Å². The molecule has 2 unspecified atom stereocenters. The predicted molar refractivity (Wildman–Crippen MR) is 122 cm³/mol. The Balaban J connectivity index is 1.49. The zero-order valence-electron chi connectivity index (χ0n) is 19.7. The molecule has 1 aliphatic heterocycles. The highest BCUT2D eigenvalue weighted by Crippen LogP contribution is 2.27. The maximum absolute atomic E-state index is 12.4. The van der Waals surface area contributed by atoms with Crippen LogP contribution in [0.4, 0.5) is 13.2 Å². The average Bonchev–Trinajstić information content (AvgIpc) is 3.23. The largest absolute Gasteiger partial charge is 0.492 e. The van der Waals surface area contributed by atoms with E-state index in [1.165, 1.54) is 0 Å². The molecule has 4 N–H and O–H groups in total. The first-order valence-electron chi connectivity index (χ1n) is 11.5. The van der Waals surface area contributed by atoms with Crippen molar-refractivity contribution in [3.8, 4) is 5.75 Å². The van der Waals surface area contributed by atoms with Gasteiger partial charge in [-0.1, -0.05) is 0 Å². The topological polar surface area (TPSA) is 143 Å². The molecule has 196 valence electrons. The summed E-state index contributed by atoms with van der Waals surface area (Å²) < 4.78 is 54.5. The molecule has 0 amide bonds. The Kier molecular flexibility index (Phi) is 7.88. The minimum atomic E-state index is -5.12. The van der Waals surface area contributed by atoms with E-state index in [1.54, 1.807) is 17.4 Å². The number of carbonyl (C=O) groups excluding carboxylic acids is 1. The lowest BCUT2D eigenvalue weighted by molar-refractivity contribution is -0.205. The molecule has 3 aromatic rings. The number of morpholine rings is 1. The molecule has 3 heterocycles. The van der Waals surface area contributed by atoms with Gasteiger partial charge in [0.25, 0.3) is 0 Å². The molecule has 0 radical (unpaired) electrons. The van der Waals surface area contributed by atoms with Crippen molar-refractivity contribution in [2.45, 2.75) is 38.2 Å². The van der Waals surface area contributed by atoms with Crippen molar-refractivity contribution in [3.05, 3.63) is 29.7 Å². The Morgan fingerprint density at radius 3 is 2.67 bits per heavy atom. The first kappa shape index (κ1) is 26.0. The minimum absolute atomic E-state index is 0.0993. The lowest BCUT2D eigenvalue weighted by Gasteiger charge is -2.26. The van der Waals surface area contributed by atoms with E-state index in [0.29, 0.717) is 48.3 Å². The van der Waals surface area contributed by atoms with E-state index in [0.717, 1.165) is 25.2 Å². The fourth-order valence-corrected chi connectivity index (χ4v) is 3.98. The lowest BCUT2D eigenvalue weighted by Crippen LogP contribution is -2.38. The highest BCUT2D eigenvalue weighted by Gasteiger charge is 2.42. The summed E-state index contributed by atoms with van der Waals surface area (Å²) in [5.41, 5.74) is 14.0. The molecule has 1 aromatic carbocycles. The number of esters is 1. The summed E-state index contributed by atoms with van der Waals surface area (Å²) in [4.78, 5) is 17.9. The van der Waals surface area contributed by atoms with Gasteiger partial charge in [-0.3, -0.25) is 15.0 Å².